The third-order valence-electron chi connectivity index (χ3n) is 6.19. The number of hydrogen-bond donors (Lipinski definition) is 1. The maximum atomic E-state index is 13.6. The topological polar surface area (TPSA) is 86.8 Å². The molecule has 0 aromatic heterocycles. The molecule has 10 heteroatoms. The Bertz CT molecular complexity index is 1410. The molecular weight excluding hydrogens is 545 g/mol. The van der Waals surface area contributed by atoms with Gasteiger partial charge in [-0.05, 0) is 52.9 Å². The first kappa shape index (κ1) is 29.9. The van der Waals surface area contributed by atoms with Crippen molar-refractivity contribution < 1.29 is 18.0 Å². The lowest BCUT2D eigenvalue weighted by molar-refractivity contribution is -0.141. The van der Waals surface area contributed by atoms with Crippen LogP contribution in [0, 0.1) is 5.92 Å². The molecule has 1 N–H and O–H groups in total. The van der Waals surface area contributed by atoms with Crippen molar-refractivity contribution in [3.8, 4) is 0 Å². The first-order valence-corrected chi connectivity index (χ1v) is 14.6. The number of amides is 2. The molecule has 0 bridgehead atoms. The van der Waals surface area contributed by atoms with E-state index in [4.69, 9.17) is 23.2 Å². The van der Waals surface area contributed by atoms with Gasteiger partial charge in [-0.1, -0.05) is 80.4 Å². The number of likely N-dealkylation sites (N-methyl/N-ethyl adjacent to an activating group) is 1. The van der Waals surface area contributed by atoms with Crippen LogP contribution in [0.5, 0.6) is 0 Å². The van der Waals surface area contributed by atoms with E-state index >= 15 is 0 Å². The fraction of sp³-hybridized carbons (Fsp3) is 0.357. The molecule has 7 nitrogen and oxygen atoms in total. The molecule has 0 fully saturated rings. The fourth-order valence-corrected chi connectivity index (χ4v) is 5.53. The molecule has 204 valence electrons. The number of halogens is 2. The van der Waals surface area contributed by atoms with Gasteiger partial charge in [0.05, 0.1) is 21.5 Å². The van der Waals surface area contributed by atoms with Crippen molar-refractivity contribution in [1.29, 1.82) is 0 Å². The van der Waals surface area contributed by atoms with E-state index in [1.165, 1.54) is 18.0 Å². The van der Waals surface area contributed by atoms with Crippen LogP contribution in [-0.4, -0.2) is 55.6 Å². The largest absolute Gasteiger partial charge is 0.354 e. The maximum Gasteiger partial charge on any atom is 0.243 e. The molecule has 2 amide bonds. The van der Waals surface area contributed by atoms with E-state index < -0.39 is 28.5 Å². The lowest BCUT2D eigenvalue weighted by Crippen LogP contribution is -2.52. The van der Waals surface area contributed by atoms with Crippen LogP contribution in [0.15, 0.2) is 65.6 Å². The van der Waals surface area contributed by atoms with Gasteiger partial charge >= 0.3 is 0 Å². The molecule has 0 aliphatic heterocycles. The predicted octanol–water partition coefficient (Wildman–Crippen LogP) is 5.35. The molecule has 0 radical (unpaired) electrons. The molecule has 0 saturated heterocycles. The Labute approximate surface area is 234 Å². The van der Waals surface area contributed by atoms with Crippen LogP contribution in [0.1, 0.15) is 32.8 Å². The molecule has 0 aliphatic rings. The summed E-state index contributed by atoms with van der Waals surface area (Å²) in [5.41, 5.74) is 0.669. The van der Waals surface area contributed by atoms with E-state index in [9.17, 15) is 18.0 Å². The Kier molecular flexibility index (Phi) is 10.2. The molecule has 0 heterocycles. The van der Waals surface area contributed by atoms with Gasteiger partial charge in [0.1, 0.15) is 6.04 Å². The first-order valence-electron chi connectivity index (χ1n) is 12.4. The van der Waals surface area contributed by atoms with E-state index in [1.54, 1.807) is 30.3 Å². The average molecular weight is 579 g/mol. The molecule has 0 aliphatic carbocycles. The van der Waals surface area contributed by atoms with Gasteiger partial charge in [-0.2, -0.15) is 4.31 Å². The number of carbonyl (C=O) groups is 2. The summed E-state index contributed by atoms with van der Waals surface area (Å²) in [6.45, 7) is 5.85. The quantitative estimate of drug-likeness (QED) is 0.333. The summed E-state index contributed by atoms with van der Waals surface area (Å²) in [4.78, 5) is 28.2. The van der Waals surface area contributed by atoms with Crippen LogP contribution < -0.4 is 5.32 Å². The lowest BCUT2D eigenvalue weighted by atomic mass is 10.1. The second-order valence-corrected chi connectivity index (χ2v) is 12.5. The molecule has 1 atom stereocenters. The van der Waals surface area contributed by atoms with Gasteiger partial charge in [0.15, 0.2) is 0 Å². The van der Waals surface area contributed by atoms with Crippen molar-refractivity contribution in [1.82, 2.24) is 14.5 Å². The Morgan fingerprint density at radius 1 is 0.947 bits per heavy atom. The van der Waals surface area contributed by atoms with Crippen molar-refractivity contribution in [2.45, 2.75) is 44.7 Å². The number of sulfonamides is 1. The van der Waals surface area contributed by atoms with E-state index in [0.717, 1.165) is 15.1 Å². The van der Waals surface area contributed by atoms with Gasteiger partial charge in [0.2, 0.25) is 21.8 Å². The Balaban J connectivity index is 1.89. The standard InChI is InChI=1S/C28H33Cl2N3O4S/c1-5-26(28(35)31-16-19(2)3)33(17-20-10-13-24(29)25(30)14-20)27(34)18-32(4)38(36,37)23-12-11-21-8-6-7-9-22(21)15-23/h6-15,19,26H,5,16-18H2,1-4H3,(H,31,35)/t26-/m0/s1. The number of nitrogens with one attached hydrogen (secondary N) is 1. The highest BCUT2D eigenvalue weighted by Gasteiger charge is 2.32. The SMILES string of the molecule is CC[C@@H](C(=O)NCC(C)C)N(Cc1ccc(Cl)c(Cl)c1)C(=O)CN(C)S(=O)(=O)c1ccc2ccccc2c1. The highest BCUT2D eigenvalue weighted by Crippen LogP contribution is 2.25. The van der Waals surface area contributed by atoms with Crippen LogP contribution in [-0.2, 0) is 26.2 Å². The fourth-order valence-electron chi connectivity index (χ4n) is 4.05. The smallest absolute Gasteiger partial charge is 0.243 e. The molecule has 3 aromatic carbocycles. The van der Waals surface area contributed by atoms with E-state index in [2.05, 4.69) is 5.32 Å². The number of benzene rings is 3. The Hall–Kier alpha value is -2.65. The van der Waals surface area contributed by atoms with Crippen LogP contribution in [0.4, 0.5) is 0 Å². The second kappa shape index (κ2) is 12.9. The number of fused-ring (bicyclic) bond motifs is 1. The number of hydrogen-bond acceptors (Lipinski definition) is 4. The summed E-state index contributed by atoms with van der Waals surface area (Å²) in [5.74, 6) is -0.571. The van der Waals surface area contributed by atoms with Gasteiger partial charge in [0.25, 0.3) is 0 Å². The molecule has 3 aromatic rings. The Morgan fingerprint density at radius 3 is 2.26 bits per heavy atom. The monoisotopic (exact) mass is 577 g/mol. The minimum atomic E-state index is -3.97. The summed E-state index contributed by atoms with van der Waals surface area (Å²) in [7, 11) is -2.61. The molecular formula is C28H33Cl2N3O4S. The summed E-state index contributed by atoms with van der Waals surface area (Å²) < 4.78 is 27.8. The van der Waals surface area contributed by atoms with Gasteiger partial charge in [-0.25, -0.2) is 8.42 Å². The number of carbonyl (C=O) groups excluding carboxylic acids is 2. The highest BCUT2D eigenvalue weighted by molar-refractivity contribution is 7.89. The predicted molar refractivity (Wildman–Crippen MR) is 153 cm³/mol. The zero-order chi connectivity index (χ0) is 28.0. The molecule has 38 heavy (non-hydrogen) atoms. The first-order chi connectivity index (χ1) is 17.9. The molecule has 0 saturated carbocycles. The normalized spacial score (nSPS) is 12.6. The van der Waals surface area contributed by atoms with Gasteiger partial charge in [0, 0.05) is 20.1 Å². The van der Waals surface area contributed by atoms with Crippen LogP contribution >= 0.6 is 23.2 Å². The van der Waals surface area contributed by atoms with E-state index in [0.29, 0.717) is 28.6 Å². The van der Waals surface area contributed by atoms with Crippen molar-refractivity contribution in [2.24, 2.45) is 5.92 Å². The summed E-state index contributed by atoms with van der Waals surface area (Å²) in [6, 6.07) is 16.5. The van der Waals surface area contributed by atoms with Gasteiger partial charge in [-0.3, -0.25) is 9.59 Å². The molecule has 0 unspecified atom stereocenters. The second-order valence-electron chi connectivity index (χ2n) is 9.60. The summed E-state index contributed by atoms with van der Waals surface area (Å²) in [5, 5.41) is 5.28. The highest BCUT2D eigenvalue weighted by atomic mass is 35.5. The minimum Gasteiger partial charge on any atom is -0.354 e. The van der Waals surface area contributed by atoms with E-state index in [1.807, 2.05) is 45.0 Å². The summed E-state index contributed by atoms with van der Waals surface area (Å²) >= 11 is 12.2. The minimum absolute atomic E-state index is 0.0627. The van der Waals surface area contributed by atoms with Crippen molar-refractivity contribution >= 4 is 55.8 Å². The van der Waals surface area contributed by atoms with Crippen molar-refractivity contribution in [3.63, 3.8) is 0 Å². The number of rotatable bonds is 11. The van der Waals surface area contributed by atoms with Gasteiger partial charge in [-0.15, -0.1) is 0 Å². The molecule has 3 rings (SSSR count). The van der Waals surface area contributed by atoms with Gasteiger partial charge < -0.3 is 10.2 Å². The van der Waals surface area contributed by atoms with E-state index in [-0.39, 0.29) is 23.3 Å². The number of nitrogens with zero attached hydrogens (tertiary/aromatic N) is 2. The average Bonchev–Trinajstić information content (AvgIpc) is 2.88. The van der Waals surface area contributed by atoms with Crippen molar-refractivity contribution in [3.05, 3.63) is 76.3 Å². The third-order valence-corrected chi connectivity index (χ3v) is 8.73. The zero-order valence-corrected chi connectivity index (χ0v) is 24.3. The van der Waals surface area contributed by atoms with Crippen molar-refractivity contribution in [2.75, 3.05) is 20.1 Å². The Morgan fingerprint density at radius 2 is 1.63 bits per heavy atom. The zero-order valence-electron chi connectivity index (χ0n) is 21.9. The lowest BCUT2D eigenvalue weighted by Gasteiger charge is -2.32. The maximum absolute atomic E-state index is 13.6. The molecule has 0 spiro atoms. The van der Waals surface area contributed by atoms with Crippen LogP contribution in [0.25, 0.3) is 10.8 Å². The van der Waals surface area contributed by atoms with Crippen LogP contribution in [0.2, 0.25) is 10.0 Å². The third kappa shape index (κ3) is 7.26. The summed E-state index contributed by atoms with van der Waals surface area (Å²) in [6.07, 6.45) is 0.345. The van der Waals surface area contributed by atoms with Crippen LogP contribution in [0.3, 0.4) is 0 Å².